The van der Waals surface area contributed by atoms with E-state index in [1.165, 1.54) is 0 Å². The largest absolute Gasteiger partial charge is 0.342 e. The fourth-order valence-corrected chi connectivity index (χ4v) is 4.13. The van der Waals surface area contributed by atoms with Crippen LogP contribution < -0.4 is 0 Å². The van der Waals surface area contributed by atoms with Crippen LogP contribution in [-0.4, -0.2) is 62.9 Å². The number of carbonyl (C=O) groups is 2. The maximum Gasteiger partial charge on any atom is 0.255 e. The van der Waals surface area contributed by atoms with Gasteiger partial charge in [-0.15, -0.1) is 0 Å². The van der Waals surface area contributed by atoms with Crippen LogP contribution in [0.15, 0.2) is 22.9 Å². The Bertz CT molecular complexity index is 857. The summed E-state index contributed by atoms with van der Waals surface area (Å²) < 4.78 is 5.09. The van der Waals surface area contributed by atoms with Gasteiger partial charge in [0.15, 0.2) is 5.82 Å². The van der Waals surface area contributed by atoms with Gasteiger partial charge in [-0.2, -0.15) is 4.98 Å². The number of aryl methyl sites for hydroxylation is 2. The van der Waals surface area contributed by atoms with Gasteiger partial charge in [-0.05, 0) is 44.7 Å². The van der Waals surface area contributed by atoms with Crippen LogP contribution >= 0.6 is 0 Å². The molecule has 0 unspecified atom stereocenters. The molecule has 0 bridgehead atoms. The standard InChI is InChI=1S/C21H27N5O3/c1-15-23-19(29-24-15)8-9-20(27)26-12-4-5-17(14-26)18-7-6-16(13-22-18)21(28)25-10-2-3-11-25/h6-7,13,17H,2-5,8-12,14H2,1H3/t17-/m1/s1. The van der Waals surface area contributed by atoms with Crippen LogP contribution in [0.4, 0.5) is 0 Å². The summed E-state index contributed by atoms with van der Waals surface area (Å²) in [5, 5.41) is 3.76. The Morgan fingerprint density at radius 3 is 2.62 bits per heavy atom. The third kappa shape index (κ3) is 4.63. The van der Waals surface area contributed by atoms with Gasteiger partial charge in [0.25, 0.3) is 5.91 Å². The van der Waals surface area contributed by atoms with E-state index in [4.69, 9.17) is 4.52 Å². The van der Waals surface area contributed by atoms with Crippen molar-refractivity contribution in [2.75, 3.05) is 26.2 Å². The van der Waals surface area contributed by atoms with E-state index >= 15 is 0 Å². The van der Waals surface area contributed by atoms with Crippen LogP contribution in [0.25, 0.3) is 0 Å². The minimum Gasteiger partial charge on any atom is -0.342 e. The lowest BCUT2D eigenvalue weighted by Gasteiger charge is -2.32. The Kier molecular flexibility index (Phi) is 5.87. The maximum atomic E-state index is 12.6. The van der Waals surface area contributed by atoms with Crippen molar-refractivity contribution in [3.8, 4) is 0 Å². The molecule has 2 aromatic rings. The molecule has 0 N–H and O–H groups in total. The lowest BCUT2D eigenvalue weighted by atomic mass is 9.93. The van der Waals surface area contributed by atoms with Gasteiger partial charge in [0, 0.05) is 56.8 Å². The number of hydrogen-bond donors (Lipinski definition) is 0. The van der Waals surface area contributed by atoms with Gasteiger partial charge >= 0.3 is 0 Å². The van der Waals surface area contributed by atoms with Crippen LogP contribution in [0.3, 0.4) is 0 Å². The number of pyridine rings is 1. The van der Waals surface area contributed by atoms with E-state index in [9.17, 15) is 9.59 Å². The first-order chi connectivity index (χ1) is 14.1. The Morgan fingerprint density at radius 1 is 1.14 bits per heavy atom. The first-order valence-corrected chi connectivity index (χ1v) is 10.4. The topological polar surface area (TPSA) is 92.4 Å². The van der Waals surface area contributed by atoms with Gasteiger partial charge < -0.3 is 14.3 Å². The minimum absolute atomic E-state index is 0.0678. The fraction of sp³-hybridized carbons (Fsp3) is 0.571. The predicted octanol–water partition coefficient (Wildman–Crippen LogP) is 2.35. The lowest BCUT2D eigenvalue weighted by molar-refractivity contribution is -0.132. The monoisotopic (exact) mass is 397 g/mol. The summed E-state index contributed by atoms with van der Waals surface area (Å²) in [6.07, 6.45) is 6.63. The molecule has 0 saturated carbocycles. The highest BCUT2D eigenvalue weighted by Gasteiger charge is 2.26. The van der Waals surface area contributed by atoms with Crippen molar-refractivity contribution in [3.05, 3.63) is 41.3 Å². The summed E-state index contributed by atoms with van der Waals surface area (Å²) in [5.74, 6) is 1.46. The number of amides is 2. The number of rotatable bonds is 5. The fourth-order valence-electron chi connectivity index (χ4n) is 4.13. The summed E-state index contributed by atoms with van der Waals surface area (Å²) in [6.45, 7) is 4.87. The summed E-state index contributed by atoms with van der Waals surface area (Å²) in [4.78, 5) is 37.6. The lowest BCUT2D eigenvalue weighted by Crippen LogP contribution is -2.39. The molecule has 4 rings (SSSR count). The average molecular weight is 397 g/mol. The van der Waals surface area contributed by atoms with Gasteiger partial charge in [-0.1, -0.05) is 5.16 Å². The molecule has 8 nitrogen and oxygen atoms in total. The number of aromatic nitrogens is 3. The van der Waals surface area contributed by atoms with Crippen molar-refractivity contribution in [1.29, 1.82) is 0 Å². The van der Waals surface area contributed by atoms with Crippen molar-refractivity contribution in [2.45, 2.75) is 51.4 Å². The zero-order valence-corrected chi connectivity index (χ0v) is 16.8. The van der Waals surface area contributed by atoms with E-state index in [0.717, 1.165) is 51.0 Å². The highest BCUT2D eigenvalue weighted by atomic mass is 16.5. The molecule has 2 aromatic heterocycles. The van der Waals surface area contributed by atoms with Gasteiger partial charge in [0.2, 0.25) is 11.8 Å². The first-order valence-electron chi connectivity index (χ1n) is 10.4. The molecular weight excluding hydrogens is 370 g/mol. The average Bonchev–Trinajstić information content (AvgIpc) is 3.44. The predicted molar refractivity (Wildman–Crippen MR) is 105 cm³/mol. The van der Waals surface area contributed by atoms with Crippen molar-refractivity contribution >= 4 is 11.8 Å². The second-order valence-electron chi connectivity index (χ2n) is 7.89. The van der Waals surface area contributed by atoms with E-state index in [1.807, 2.05) is 21.9 Å². The summed E-state index contributed by atoms with van der Waals surface area (Å²) in [5.41, 5.74) is 1.60. The number of nitrogens with zero attached hydrogens (tertiary/aromatic N) is 5. The molecule has 29 heavy (non-hydrogen) atoms. The van der Waals surface area contributed by atoms with Crippen LogP contribution in [-0.2, 0) is 11.2 Å². The van der Waals surface area contributed by atoms with Gasteiger partial charge in [0.05, 0.1) is 5.56 Å². The van der Waals surface area contributed by atoms with E-state index in [2.05, 4.69) is 15.1 Å². The second-order valence-corrected chi connectivity index (χ2v) is 7.89. The van der Waals surface area contributed by atoms with Crippen LogP contribution in [0.2, 0.25) is 0 Å². The van der Waals surface area contributed by atoms with Gasteiger partial charge in [-0.3, -0.25) is 14.6 Å². The van der Waals surface area contributed by atoms with Crippen molar-refractivity contribution in [1.82, 2.24) is 24.9 Å². The van der Waals surface area contributed by atoms with Crippen molar-refractivity contribution in [3.63, 3.8) is 0 Å². The molecule has 2 fully saturated rings. The molecule has 2 saturated heterocycles. The van der Waals surface area contributed by atoms with Crippen molar-refractivity contribution in [2.24, 2.45) is 0 Å². The molecule has 2 amide bonds. The first kappa shape index (κ1) is 19.5. The molecule has 4 heterocycles. The SMILES string of the molecule is Cc1noc(CCC(=O)N2CCC[C@@H](c3ccc(C(=O)N4CCCC4)cn3)C2)n1. The molecule has 0 aromatic carbocycles. The minimum atomic E-state index is 0.0678. The van der Waals surface area contributed by atoms with Gasteiger partial charge in [-0.25, -0.2) is 0 Å². The van der Waals surface area contributed by atoms with Gasteiger partial charge in [0.1, 0.15) is 0 Å². The van der Waals surface area contributed by atoms with Crippen LogP contribution in [0, 0.1) is 6.92 Å². The van der Waals surface area contributed by atoms with E-state index in [-0.39, 0.29) is 17.7 Å². The summed E-state index contributed by atoms with van der Waals surface area (Å²) in [7, 11) is 0. The number of hydrogen-bond acceptors (Lipinski definition) is 6. The summed E-state index contributed by atoms with van der Waals surface area (Å²) >= 11 is 0. The third-order valence-corrected chi connectivity index (χ3v) is 5.74. The molecule has 0 aliphatic carbocycles. The van der Waals surface area contributed by atoms with Crippen LogP contribution in [0.5, 0.6) is 0 Å². The molecule has 1 atom stereocenters. The molecule has 8 heteroatoms. The summed E-state index contributed by atoms with van der Waals surface area (Å²) in [6, 6.07) is 3.82. The van der Waals surface area contributed by atoms with E-state index in [1.54, 1.807) is 13.1 Å². The Balaban J connectivity index is 1.33. The van der Waals surface area contributed by atoms with Crippen molar-refractivity contribution < 1.29 is 14.1 Å². The third-order valence-electron chi connectivity index (χ3n) is 5.74. The van der Waals surface area contributed by atoms with E-state index in [0.29, 0.717) is 36.7 Å². The molecule has 154 valence electrons. The highest BCUT2D eigenvalue weighted by Crippen LogP contribution is 2.26. The Labute approximate surface area is 170 Å². The normalized spacial score (nSPS) is 19.6. The molecular formula is C21H27N5O3. The Hall–Kier alpha value is -2.77. The molecule has 0 radical (unpaired) electrons. The quantitative estimate of drug-likeness (QED) is 0.769. The number of carbonyl (C=O) groups excluding carboxylic acids is 2. The van der Waals surface area contributed by atoms with Crippen LogP contribution in [0.1, 0.15) is 65.8 Å². The molecule has 2 aliphatic heterocycles. The zero-order chi connectivity index (χ0) is 20.2. The van der Waals surface area contributed by atoms with E-state index < -0.39 is 0 Å². The highest BCUT2D eigenvalue weighted by molar-refractivity contribution is 5.94. The molecule has 0 spiro atoms. The maximum absolute atomic E-state index is 12.6. The second kappa shape index (κ2) is 8.71. The number of piperidine rings is 1. The Morgan fingerprint density at radius 2 is 1.93 bits per heavy atom. The smallest absolute Gasteiger partial charge is 0.255 e. The molecule has 2 aliphatic rings. The zero-order valence-electron chi connectivity index (χ0n) is 16.8. The number of likely N-dealkylation sites (tertiary alicyclic amines) is 2.